The lowest BCUT2D eigenvalue weighted by Crippen LogP contribution is -2.02. The molecule has 1 heterocycles. The summed E-state index contributed by atoms with van der Waals surface area (Å²) in [6.45, 7) is 0. The number of fused-ring (bicyclic) bond motifs is 1. The van der Waals surface area contributed by atoms with Gasteiger partial charge in [0.25, 0.3) is 0 Å². The summed E-state index contributed by atoms with van der Waals surface area (Å²) in [5.74, 6) is 0. The highest BCUT2D eigenvalue weighted by Gasteiger charge is 2.18. The molecule has 1 fully saturated rings. The molecule has 3 rings (SSSR count). The molecule has 1 saturated carbocycles. The largest absolute Gasteiger partial charge is 0.344 e. The number of rotatable bonds is 1. The van der Waals surface area contributed by atoms with Gasteiger partial charge in [0.2, 0.25) is 0 Å². The van der Waals surface area contributed by atoms with Crippen LogP contribution < -0.4 is 0 Å². The molecule has 2 heteroatoms. The first-order chi connectivity index (χ1) is 7.36. The Labute approximate surface area is 94.7 Å². The standard InChI is InChI=1S/C13H14ClN/c14-12-6-3-7-13-11(12)8-9-15(13)10-4-1-2-5-10/h3,6-10H,1-2,4-5H2. The highest BCUT2D eigenvalue weighted by atomic mass is 35.5. The van der Waals surface area contributed by atoms with Crippen LogP contribution in [0.2, 0.25) is 5.02 Å². The van der Waals surface area contributed by atoms with E-state index in [1.807, 2.05) is 12.1 Å². The van der Waals surface area contributed by atoms with Gasteiger partial charge < -0.3 is 4.57 Å². The molecule has 0 amide bonds. The Bertz CT molecular complexity index is 480. The van der Waals surface area contributed by atoms with Gasteiger partial charge in [-0.05, 0) is 31.0 Å². The Balaban J connectivity index is 2.15. The second kappa shape index (κ2) is 3.57. The number of halogens is 1. The van der Waals surface area contributed by atoms with Crippen molar-refractivity contribution < 1.29 is 0 Å². The molecule has 0 unspecified atom stereocenters. The van der Waals surface area contributed by atoms with E-state index in [1.165, 1.54) is 36.6 Å². The van der Waals surface area contributed by atoms with E-state index in [0.717, 1.165) is 5.02 Å². The fourth-order valence-electron chi connectivity index (χ4n) is 2.65. The molecular weight excluding hydrogens is 206 g/mol. The zero-order chi connectivity index (χ0) is 10.3. The molecule has 0 spiro atoms. The second-order valence-electron chi connectivity index (χ2n) is 4.33. The van der Waals surface area contributed by atoms with Gasteiger partial charge in [0.05, 0.1) is 0 Å². The van der Waals surface area contributed by atoms with E-state index in [9.17, 15) is 0 Å². The van der Waals surface area contributed by atoms with Gasteiger partial charge in [-0.15, -0.1) is 0 Å². The summed E-state index contributed by atoms with van der Waals surface area (Å²) >= 11 is 6.16. The molecule has 0 aliphatic heterocycles. The van der Waals surface area contributed by atoms with Crippen LogP contribution in [0.15, 0.2) is 30.5 Å². The third-order valence-corrected chi connectivity index (χ3v) is 3.76. The molecule has 1 aromatic carbocycles. The summed E-state index contributed by atoms with van der Waals surface area (Å²) in [6, 6.07) is 9.00. The lowest BCUT2D eigenvalue weighted by molar-refractivity contribution is 0.536. The van der Waals surface area contributed by atoms with Gasteiger partial charge in [-0.2, -0.15) is 0 Å². The maximum atomic E-state index is 6.16. The number of aromatic nitrogens is 1. The van der Waals surface area contributed by atoms with Crippen molar-refractivity contribution >= 4 is 22.5 Å². The van der Waals surface area contributed by atoms with Crippen LogP contribution in [-0.2, 0) is 0 Å². The summed E-state index contributed by atoms with van der Waals surface area (Å²) in [5, 5.41) is 2.05. The number of benzene rings is 1. The van der Waals surface area contributed by atoms with Crippen molar-refractivity contribution in [1.82, 2.24) is 4.57 Å². The van der Waals surface area contributed by atoms with E-state index in [4.69, 9.17) is 11.6 Å². The predicted octanol–water partition coefficient (Wildman–Crippen LogP) is 4.41. The minimum absolute atomic E-state index is 0.695. The van der Waals surface area contributed by atoms with Crippen molar-refractivity contribution in [1.29, 1.82) is 0 Å². The quantitative estimate of drug-likeness (QED) is 0.670. The predicted molar refractivity (Wildman–Crippen MR) is 64.5 cm³/mol. The Morgan fingerprint density at radius 3 is 2.73 bits per heavy atom. The highest BCUT2D eigenvalue weighted by Crippen LogP contribution is 2.34. The first-order valence-electron chi connectivity index (χ1n) is 5.61. The second-order valence-corrected chi connectivity index (χ2v) is 4.74. The minimum Gasteiger partial charge on any atom is -0.344 e. The maximum Gasteiger partial charge on any atom is 0.0499 e. The van der Waals surface area contributed by atoms with E-state index in [-0.39, 0.29) is 0 Å². The van der Waals surface area contributed by atoms with Crippen molar-refractivity contribution in [3.63, 3.8) is 0 Å². The zero-order valence-electron chi connectivity index (χ0n) is 8.62. The summed E-state index contributed by atoms with van der Waals surface area (Å²) in [5.41, 5.74) is 1.29. The summed E-state index contributed by atoms with van der Waals surface area (Å²) in [7, 11) is 0. The highest BCUT2D eigenvalue weighted by molar-refractivity contribution is 6.35. The van der Waals surface area contributed by atoms with Crippen LogP contribution in [-0.4, -0.2) is 4.57 Å². The van der Waals surface area contributed by atoms with Gasteiger partial charge in [-0.25, -0.2) is 0 Å². The molecule has 0 radical (unpaired) electrons. The van der Waals surface area contributed by atoms with Gasteiger partial charge in [-0.1, -0.05) is 30.5 Å². The van der Waals surface area contributed by atoms with Crippen LogP contribution in [0.3, 0.4) is 0 Å². The van der Waals surface area contributed by atoms with E-state index >= 15 is 0 Å². The van der Waals surface area contributed by atoms with E-state index in [1.54, 1.807) is 0 Å². The van der Waals surface area contributed by atoms with E-state index < -0.39 is 0 Å². The van der Waals surface area contributed by atoms with Crippen molar-refractivity contribution in [2.45, 2.75) is 31.7 Å². The fourth-order valence-corrected chi connectivity index (χ4v) is 2.88. The van der Waals surface area contributed by atoms with Gasteiger partial charge >= 0.3 is 0 Å². The van der Waals surface area contributed by atoms with Gasteiger partial charge in [-0.3, -0.25) is 0 Å². The molecule has 1 aliphatic rings. The fraction of sp³-hybridized carbons (Fsp3) is 0.385. The van der Waals surface area contributed by atoms with Crippen molar-refractivity contribution in [2.24, 2.45) is 0 Å². The van der Waals surface area contributed by atoms with E-state index in [0.29, 0.717) is 6.04 Å². The summed E-state index contributed by atoms with van der Waals surface area (Å²) in [6.07, 6.45) is 7.55. The lowest BCUT2D eigenvalue weighted by Gasteiger charge is -2.13. The zero-order valence-corrected chi connectivity index (χ0v) is 9.37. The molecule has 1 nitrogen and oxygen atoms in total. The first kappa shape index (κ1) is 9.29. The van der Waals surface area contributed by atoms with Gasteiger partial charge in [0, 0.05) is 28.2 Å². The number of hydrogen-bond acceptors (Lipinski definition) is 0. The van der Waals surface area contributed by atoms with E-state index in [2.05, 4.69) is 22.9 Å². The molecule has 0 bridgehead atoms. The van der Waals surface area contributed by atoms with Crippen LogP contribution in [0.25, 0.3) is 10.9 Å². The molecule has 0 saturated heterocycles. The smallest absolute Gasteiger partial charge is 0.0499 e. The third-order valence-electron chi connectivity index (χ3n) is 3.43. The van der Waals surface area contributed by atoms with Crippen molar-refractivity contribution in [3.8, 4) is 0 Å². The van der Waals surface area contributed by atoms with Gasteiger partial charge in [0.15, 0.2) is 0 Å². The average molecular weight is 220 g/mol. The maximum absolute atomic E-state index is 6.16. The van der Waals surface area contributed by atoms with Crippen LogP contribution in [0, 0.1) is 0 Å². The Morgan fingerprint density at radius 2 is 1.93 bits per heavy atom. The normalized spacial score (nSPS) is 17.7. The molecule has 1 aliphatic carbocycles. The molecule has 15 heavy (non-hydrogen) atoms. The van der Waals surface area contributed by atoms with Crippen molar-refractivity contribution in [3.05, 3.63) is 35.5 Å². The van der Waals surface area contributed by atoms with Crippen LogP contribution in [0.4, 0.5) is 0 Å². The molecular formula is C13H14ClN. The van der Waals surface area contributed by atoms with Crippen LogP contribution in [0.1, 0.15) is 31.7 Å². The molecule has 78 valence electrons. The first-order valence-corrected chi connectivity index (χ1v) is 5.99. The SMILES string of the molecule is Clc1cccc2c1ccn2C1CCCC1. The number of nitrogens with zero attached hydrogens (tertiary/aromatic N) is 1. The molecule has 1 aromatic heterocycles. The molecule has 2 aromatic rings. The summed E-state index contributed by atoms with van der Waals surface area (Å²) < 4.78 is 2.40. The molecule has 0 N–H and O–H groups in total. The van der Waals surface area contributed by atoms with Crippen LogP contribution in [0.5, 0.6) is 0 Å². The average Bonchev–Trinajstić information content (AvgIpc) is 2.85. The van der Waals surface area contributed by atoms with Crippen molar-refractivity contribution in [2.75, 3.05) is 0 Å². The Morgan fingerprint density at radius 1 is 1.13 bits per heavy atom. The number of hydrogen-bond donors (Lipinski definition) is 0. The molecule has 0 atom stereocenters. The Kier molecular flexibility index (Phi) is 2.21. The van der Waals surface area contributed by atoms with Crippen LogP contribution >= 0.6 is 11.6 Å². The topological polar surface area (TPSA) is 4.93 Å². The monoisotopic (exact) mass is 219 g/mol. The summed E-state index contributed by atoms with van der Waals surface area (Å²) in [4.78, 5) is 0. The minimum atomic E-state index is 0.695. The third kappa shape index (κ3) is 1.46. The Hall–Kier alpha value is -0.950. The van der Waals surface area contributed by atoms with Gasteiger partial charge in [0.1, 0.15) is 0 Å². The lowest BCUT2D eigenvalue weighted by atomic mass is 10.2.